The summed E-state index contributed by atoms with van der Waals surface area (Å²) < 4.78 is 7.21. The quantitative estimate of drug-likeness (QED) is 0.661. The van der Waals surface area contributed by atoms with Crippen LogP contribution in [0.25, 0.3) is 0 Å². The fourth-order valence-corrected chi connectivity index (χ4v) is 4.59. The topological polar surface area (TPSA) is 46.6 Å². The Kier molecular flexibility index (Phi) is 4.58. The van der Waals surface area contributed by atoms with E-state index in [2.05, 4.69) is 22.0 Å². The van der Waals surface area contributed by atoms with Crippen molar-refractivity contribution in [3.05, 3.63) is 63.1 Å². The van der Waals surface area contributed by atoms with Gasteiger partial charge in [-0.1, -0.05) is 18.2 Å². The predicted molar refractivity (Wildman–Crippen MR) is 108 cm³/mol. The zero-order valence-corrected chi connectivity index (χ0v) is 17.1. The fourth-order valence-electron chi connectivity index (χ4n) is 4.14. The van der Waals surface area contributed by atoms with Crippen LogP contribution in [-0.2, 0) is 0 Å². The van der Waals surface area contributed by atoms with Gasteiger partial charge in [0.05, 0.1) is 17.5 Å². The SMILES string of the molecule is Cc1cc(C)c2c(c1)C(=O)CC1(CCN(C(=O)c3ccccc3Br)CC1)O2. The molecular formula is C22H22BrNO3. The number of halogens is 1. The van der Waals surface area contributed by atoms with Crippen LogP contribution in [0.3, 0.4) is 0 Å². The molecule has 0 unspecified atom stereocenters. The molecule has 2 aromatic carbocycles. The van der Waals surface area contributed by atoms with E-state index in [9.17, 15) is 9.59 Å². The van der Waals surface area contributed by atoms with Gasteiger partial charge in [-0.25, -0.2) is 0 Å². The number of carbonyl (C=O) groups excluding carboxylic acids is 2. The summed E-state index contributed by atoms with van der Waals surface area (Å²) in [5.41, 5.74) is 2.96. The van der Waals surface area contributed by atoms with Gasteiger partial charge < -0.3 is 9.64 Å². The van der Waals surface area contributed by atoms with Crippen molar-refractivity contribution in [2.75, 3.05) is 13.1 Å². The smallest absolute Gasteiger partial charge is 0.255 e. The van der Waals surface area contributed by atoms with Crippen molar-refractivity contribution in [1.82, 2.24) is 4.90 Å². The molecule has 4 rings (SSSR count). The zero-order chi connectivity index (χ0) is 19.2. The van der Waals surface area contributed by atoms with Gasteiger partial charge in [-0.15, -0.1) is 0 Å². The molecule has 0 atom stereocenters. The molecule has 0 aliphatic carbocycles. The van der Waals surface area contributed by atoms with E-state index in [0.717, 1.165) is 21.3 Å². The van der Waals surface area contributed by atoms with Crippen molar-refractivity contribution in [2.24, 2.45) is 0 Å². The third-order valence-electron chi connectivity index (χ3n) is 5.59. The molecule has 0 radical (unpaired) electrons. The lowest BCUT2D eigenvalue weighted by Gasteiger charge is -2.44. The van der Waals surface area contributed by atoms with Crippen molar-refractivity contribution in [1.29, 1.82) is 0 Å². The van der Waals surface area contributed by atoms with E-state index < -0.39 is 5.60 Å². The van der Waals surface area contributed by atoms with Crippen LogP contribution >= 0.6 is 15.9 Å². The van der Waals surface area contributed by atoms with Crippen molar-refractivity contribution >= 4 is 27.6 Å². The first kappa shape index (κ1) is 18.2. The second-order valence-corrected chi connectivity index (χ2v) is 8.47. The van der Waals surface area contributed by atoms with Gasteiger partial charge in [0, 0.05) is 30.4 Å². The molecule has 4 nitrogen and oxygen atoms in total. The van der Waals surface area contributed by atoms with Gasteiger partial charge in [0.25, 0.3) is 5.91 Å². The summed E-state index contributed by atoms with van der Waals surface area (Å²) in [6.07, 6.45) is 1.73. The van der Waals surface area contributed by atoms with Gasteiger partial charge in [0.15, 0.2) is 5.78 Å². The molecule has 27 heavy (non-hydrogen) atoms. The Labute approximate surface area is 167 Å². The van der Waals surface area contributed by atoms with E-state index in [1.165, 1.54) is 0 Å². The Morgan fingerprint density at radius 2 is 1.85 bits per heavy atom. The van der Waals surface area contributed by atoms with E-state index in [4.69, 9.17) is 4.74 Å². The molecule has 2 heterocycles. The van der Waals surface area contributed by atoms with Gasteiger partial charge >= 0.3 is 0 Å². The van der Waals surface area contributed by atoms with Gasteiger partial charge in [0.2, 0.25) is 0 Å². The van der Waals surface area contributed by atoms with Crippen molar-refractivity contribution in [3.63, 3.8) is 0 Å². The van der Waals surface area contributed by atoms with Crippen LogP contribution < -0.4 is 4.74 Å². The van der Waals surface area contributed by atoms with Crippen LogP contribution in [0.4, 0.5) is 0 Å². The molecule has 0 bridgehead atoms. The maximum Gasteiger partial charge on any atom is 0.255 e. The number of hydrogen-bond acceptors (Lipinski definition) is 3. The number of likely N-dealkylation sites (tertiary alicyclic amines) is 1. The normalized spacial score (nSPS) is 18.2. The van der Waals surface area contributed by atoms with Crippen molar-refractivity contribution < 1.29 is 14.3 Å². The number of Topliss-reactive ketones (excluding diaryl/α,β-unsaturated/α-hetero) is 1. The van der Waals surface area contributed by atoms with E-state index in [1.807, 2.05) is 49.1 Å². The Bertz CT molecular complexity index is 929. The number of nitrogens with zero attached hydrogens (tertiary/aromatic N) is 1. The maximum absolute atomic E-state index is 12.8. The predicted octanol–water partition coefficient (Wildman–Crippen LogP) is 4.71. The summed E-state index contributed by atoms with van der Waals surface area (Å²) in [4.78, 5) is 27.5. The average molecular weight is 428 g/mol. The lowest BCUT2D eigenvalue weighted by atomic mass is 9.81. The van der Waals surface area contributed by atoms with Crippen LogP contribution in [0, 0.1) is 13.8 Å². The Morgan fingerprint density at radius 3 is 2.56 bits per heavy atom. The second-order valence-electron chi connectivity index (χ2n) is 7.62. The number of fused-ring (bicyclic) bond motifs is 1. The number of aryl methyl sites for hydroxylation is 2. The van der Waals surface area contributed by atoms with Crippen LogP contribution in [0.5, 0.6) is 5.75 Å². The van der Waals surface area contributed by atoms with Crippen LogP contribution in [-0.4, -0.2) is 35.3 Å². The molecule has 2 aliphatic rings. The molecule has 1 amide bonds. The van der Waals surface area contributed by atoms with E-state index >= 15 is 0 Å². The molecule has 1 saturated heterocycles. The van der Waals surface area contributed by atoms with Crippen LogP contribution in [0.2, 0.25) is 0 Å². The van der Waals surface area contributed by atoms with Crippen LogP contribution in [0.1, 0.15) is 51.1 Å². The molecule has 5 heteroatoms. The molecule has 2 aliphatic heterocycles. The van der Waals surface area contributed by atoms with Gasteiger partial charge in [-0.2, -0.15) is 0 Å². The van der Waals surface area contributed by atoms with Gasteiger partial charge in [-0.3, -0.25) is 9.59 Å². The number of rotatable bonds is 1. The number of ether oxygens (including phenoxy) is 1. The Morgan fingerprint density at radius 1 is 1.15 bits per heavy atom. The number of carbonyl (C=O) groups is 2. The standard InChI is InChI=1S/C22H22BrNO3/c1-14-11-15(2)20-17(12-14)19(25)13-22(27-20)7-9-24(10-8-22)21(26)16-5-3-4-6-18(16)23/h3-6,11-12H,7-10,13H2,1-2H3. The van der Waals surface area contributed by atoms with Crippen molar-refractivity contribution in [2.45, 2.75) is 38.7 Å². The largest absolute Gasteiger partial charge is 0.486 e. The minimum atomic E-state index is -0.491. The Hall–Kier alpha value is -2.14. The third-order valence-corrected chi connectivity index (χ3v) is 6.28. The number of hydrogen-bond donors (Lipinski definition) is 0. The average Bonchev–Trinajstić information content (AvgIpc) is 2.63. The minimum Gasteiger partial charge on any atom is -0.486 e. The molecule has 1 fully saturated rings. The highest BCUT2D eigenvalue weighted by atomic mass is 79.9. The van der Waals surface area contributed by atoms with Crippen molar-refractivity contribution in [3.8, 4) is 5.75 Å². The summed E-state index contributed by atoms with van der Waals surface area (Å²) in [6, 6.07) is 11.4. The van der Waals surface area contributed by atoms with Gasteiger partial charge in [0.1, 0.15) is 11.4 Å². The first-order chi connectivity index (χ1) is 12.9. The van der Waals surface area contributed by atoms with E-state index in [0.29, 0.717) is 43.5 Å². The summed E-state index contributed by atoms with van der Waals surface area (Å²) >= 11 is 3.46. The molecular weight excluding hydrogens is 406 g/mol. The fraction of sp³-hybridized carbons (Fsp3) is 0.364. The number of amides is 1. The summed E-state index contributed by atoms with van der Waals surface area (Å²) in [5, 5.41) is 0. The van der Waals surface area contributed by atoms with Crippen LogP contribution in [0.15, 0.2) is 40.9 Å². The molecule has 0 N–H and O–H groups in total. The second kappa shape index (κ2) is 6.79. The zero-order valence-electron chi connectivity index (χ0n) is 15.5. The Balaban J connectivity index is 1.53. The first-order valence-electron chi connectivity index (χ1n) is 9.26. The minimum absolute atomic E-state index is 0.0201. The molecule has 1 spiro atoms. The molecule has 2 aromatic rings. The molecule has 140 valence electrons. The highest BCUT2D eigenvalue weighted by Crippen LogP contribution is 2.41. The lowest BCUT2D eigenvalue weighted by molar-refractivity contribution is -0.00621. The summed E-state index contributed by atoms with van der Waals surface area (Å²) in [6.45, 7) is 5.17. The third kappa shape index (κ3) is 3.29. The molecule has 0 saturated carbocycles. The number of piperidine rings is 1. The van der Waals surface area contributed by atoms with Gasteiger partial charge in [-0.05, 0) is 59.1 Å². The first-order valence-corrected chi connectivity index (χ1v) is 10.1. The maximum atomic E-state index is 12.8. The monoisotopic (exact) mass is 427 g/mol. The number of benzene rings is 2. The molecule has 0 aromatic heterocycles. The highest BCUT2D eigenvalue weighted by Gasteiger charge is 2.44. The lowest BCUT2D eigenvalue weighted by Crippen LogP contribution is -2.52. The summed E-state index contributed by atoms with van der Waals surface area (Å²) in [5.74, 6) is 0.891. The summed E-state index contributed by atoms with van der Waals surface area (Å²) in [7, 11) is 0. The number of ketones is 1. The highest BCUT2D eigenvalue weighted by molar-refractivity contribution is 9.10. The van der Waals surface area contributed by atoms with E-state index in [1.54, 1.807) is 0 Å². The van der Waals surface area contributed by atoms with E-state index in [-0.39, 0.29) is 11.7 Å².